The molecule has 0 aromatic heterocycles. The summed E-state index contributed by atoms with van der Waals surface area (Å²) in [7, 11) is 0. The molecule has 0 fully saturated rings. The SMILES string of the molecule is N#Cc1ccccc1Sc1ccccc1C(=O)NCCN1Cc2ccccc2C1=O. The van der Waals surface area contributed by atoms with E-state index in [9.17, 15) is 14.9 Å². The van der Waals surface area contributed by atoms with E-state index in [4.69, 9.17) is 0 Å². The monoisotopic (exact) mass is 413 g/mol. The van der Waals surface area contributed by atoms with E-state index in [0.717, 1.165) is 20.9 Å². The molecule has 0 bridgehead atoms. The normalized spacial score (nSPS) is 12.4. The first-order valence-corrected chi connectivity index (χ1v) is 10.4. The molecule has 4 rings (SSSR count). The van der Waals surface area contributed by atoms with E-state index in [0.29, 0.717) is 30.8 Å². The third-order valence-electron chi connectivity index (χ3n) is 4.92. The van der Waals surface area contributed by atoms with Crippen LogP contribution in [-0.2, 0) is 6.54 Å². The minimum atomic E-state index is -0.198. The van der Waals surface area contributed by atoms with Crippen molar-refractivity contribution in [3.05, 3.63) is 95.1 Å². The number of nitrogens with one attached hydrogen (secondary N) is 1. The van der Waals surface area contributed by atoms with Gasteiger partial charge in [-0.1, -0.05) is 54.2 Å². The number of carbonyl (C=O) groups is 2. The van der Waals surface area contributed by atoms with Crippen LogP contribution < -0.4 is 5.32 Å². The first-order valence-electron chi connectivity index (χ1n) is 9.59. The van der Waals surface area contributed by atoms with Gasteiger partial charge in [-0.15, -0.1) is 0 Å². The summed E-state index contributed by atoms with van der Waals surface area (Å²) in [6, 6.07) is 24.4. The predicted octanol–water partition coefficient (Wildman–Crippen LogP) is 4.10. The van der Waals surface area contributed by atoms with Crippen LogP contribution in [0.2, 0.25) is 0 Å². The lowest BCUT2D eigenvalue weighted by molar-refractivity contribution is 0.0770. The van der Waals surface area contributed by atoms with Crippen LogP contribution in [0.4, 0.5) is 0 Å². The third kappa shape index (κ3) is 4.07. The van der Waals surface area contributed by atoms with E-state index in [1.807, 2.05) is 60.7 Å². The molecule has 30 heavy (non-hydrogen) atoms. The Morgan fingerprint density at radius 2 is 1.70 bits per heavy atom. The van der Waals surface area contributed by atoms with E-state index < -0.39 is 0 Å². The van der Waals surface area contributed by atoms with Gasteiger partial charge >= 0.3 is 0 Å². The zero-order valence-electron chi connectivity index (χ0n) is 16.2. The van der Waals surface area contributed by atoms with Gasteiger partial charge in [0.15, 0.2) is 0 Å². The van der Waals surface area contributed by atoms with Crippen LogP contribution >= 0.6 is 11.8 Å². The van der Waals surface area contributed by atoms with Crippen molar-refractivity contribution in [2.75, 3.05) is 13.1 Å². The second kappa shape index (κ2) is 8.85. The van der Waals surface area contributed by atoms with Gasteiger partial charge in [0.1, 0.15) is 6.07 Å². The second-order valence-corrected chi connectivity index (χ2v) is 7.93. The maximum Gasteiger partial charge on any atom is 0.254 e. The molecule has 0 radical (unpaired) electrons. The van der Waals surface area contributed by atoms with E-state index in [1.165, 1.54) is 11.8 Å². The molecule has 0 atom stereocenters. The topological polar surface area (TPSA) is 73.2 Å². The van der Waals surface area contributed by atoms with Crippen LogP contribution in [0.1, 0.15) is 31.8 Å². The summed E-state index contributed by atoms with van der Waals surface area (Å²) in [6.45, 7) is 1.39. The number of hydrogen-bond donors (Lipinski definition) is 1. The summed E-state index contributed by atoms with van der Waals surface area (Å²) >= 11 is 1.40. The summed E-state index contributed by atoms with van der Waals surface area (Å²) in [4.78, 5) is 28.6. The lowest BCUT2D eigenvalue weighted by Crippen LogP contribution is -2.35. The van der Waals surface area contributed by atoms with Crippen molar-refractivity contribution in [2.24, 2.45) is 0 Å². The first-order chi connectivity index (χ1) is 14.7. The Balaban J connectivity index is 1.40. The number of nitriles is 1. The number of rotatable bonds is 6. The molecule has 3 aromatic rings. The Kier molecular flexibility index (Phi) is 5.82. The van der Waals surface area contributed by atoms with E-state index in [-0.39, 0.29) is 11.8 Å². The molecule has 1 aliphatic rings. The van der Waals surface area contributed by atoms with Crippen molar-refractivity contribution in [2.45, 2.75) is 16.3 Å². The molecule has 2 amide bonds. The number of carbonyl (C=O) groups excluding carboxylic acids is 2. The van der Waals surface area contributed by atoms with Gasteiger partial charge in [0.25, 0.3) is 11.8 Å². The van der Waals surface area contributed by atoms with Gasteiger partial charge < -0.3 is 10.2 Å². The Labute approximate surface area is 179 Å². The largest absolute Gasteiger partial charge is 0.350 e. The molecule has 0 aliphatic carbocycles. The van der Waals surface area contributed by atoms with Crippen LogP contribution in [0.25, 0.3) is 0 Å². The molecular weight excluding hydrogens is 394 g/mol. The summed E-state index contributed by atoms with van der Waals surface area (Å²) in [5, 5.41) is 12.2. The molecule has 1 heterocycles. The Bertz CT molecular complexity index is 1150. The first kappa shape index (κ1) is 19.7. The molecule has 148 valence electrons. The highest BCUT2D eigenvalue weighted by molar-refractivity contribution is 7.99. The standard InChI is InChI=1S/C24H19N3O2S/c25-15-17-7-2-5-11-21(17)30-22-12-6-4-10-20(22)23(28)26-13-14-27-16-18-8-1-3-9-19(18)24(27)29/h1-12H,13-14,16H2,(H,26,28). The Hall–Kier alpha value is -3.56. The zero-order valence-corrected chi connectivity index (χ0v) is 17.0. The smallest absolute Gasteiger partial charge is 0.254 e. The summed E-state index contributed by atoms with van der Waals surface area (Å²) in [5.74, 6) is -0.194. The quantitative estimate of drug-likeness (QED) is 0.660. The highest BCUT2D eigenvalue weighted by Gasteiger charge is 2.26. The number of benzene rings is 3. The van der Waals surface area contributed by atoms with Crippen LogP contribution in [0.5, 0.6) is 0 Å². The van der Waals surface area contributed by atoms with Crippen molar-refractivity contribution in [3.8, 4) is 6.07 Å². The summed E-state index contributed by atoms with van der Waals surface area (Å²) in [6.07, 6.45) is 0. The fraction of sp³-hybridized carbons (Fsp3) is 0.125. The molecule has 1 N–H and O–H groups in total. The van der Waals surface area contributed by atoms with Crippen LogP contribution in [0.3, 0.4) is 0 Å². The second-order valence-electron chi connectivity index (χ2n) is 6.85. The molecule has 6 heteroatoms. The van der Waals surface area contributed by atoms with Gasteiger partial charge in [0.05, 0.1) is 11.1 Å². The van der Waals surface area contributed by atoms with Crippen molar-refractivity contribution >= 4 is 23.6 Å². The van der Waals surface area contributed by atoms with Crippen molar-refractivity contribution in [1.29, 1.82) is 5.26 Å². The molecule has 0 saturated carbocycles. The van der Waals surface area contributed by atoms with Gasteiger partial charge in [0.2, 0.25) is 0 Å². The molecule has 0 unspecified atom stereocenters. The minimum Gasteiger partial charge on any atom is -0.350 e. The highest BCUT2D eigenvalue weighted by Crippen LogP contribution is 2.32. The van der Waals surface area contributed by atoms with Crippen molar-refractivity contribution < 1.29 is 9.59 Å². The molecule has 1 aliphatic heterocycles. The van der Waals surface area contributed by atoms with Crippen molar-refractivity contribution in [3.63, 3.8) is 0 Å². The minimum absolute atomic E-state index is 0.00363. The van der Waals surface area contributed by atoms with Crippen molar-refractivity contribution in [1.82, 2.24) is 10.2 Å². The van der Waals surface area contributed by atoms with E-state index in [1.54, 1.807) is 17.0 Å². The fourth-order valence-electron chi connectivity index (χ4n) is 3.40. The van der Waals surface area contributed by atoms with E-state index >= 15 is 0 Å². The summed E-state index contributed by atoms with van der Waals surface area (Å²) < 4.78 is 0. The number of fused-ring (bicyclic) bond motifs is 1. The zero-order chi connectivity index (χ0) is 20.9. The van der Waals surface area contributed by atoms with Gasteiger partial charge in [0, 0.05) is 35.0 Å². The summed E-state index contributed by atoms with van der Waals surface area (Å²) in [5.41, 5.74) is 2.88. The molecule has 5 nitrogen and oxygen atoms in total. The predicted molar refractivity (Wildman–Crippen MR) is 115 cm³/mol. The van der Waals surface area contributed by atoms with Gasteiger partial charge in [-0.3, -0.25) is 9.59 Å². The van der Waals surface area contributed by atoms with E-state index in [2.05, 4.69) is 11.4 Å². The Morgan fingerprint density at radius 1 is 1.00 bits per heavy atom. The van der Waals surface area contributed by atoms with Crippen LogP contribution in [0, 0.1) is 11.3 Å². The van der Waals surface area contributed by atoms with Crippen LogP contribution in [-0.4, -0.2) is 29.8 Å². The van der Waals surface area contributed by atoms with Gasteiger partial charge in [-0.2, -0.15) is 5.26 Å². The maximum atomic E-state index is 12.8. The number of hydrogen-bond acceptors (Lipinski definition) is 4. The lowest BCUT2D eigenvalue weighted by atomic mass is 10.1. The molecule has 0 spiro atoms. The molecule has 3 aromatic carbocycles. The average Bonchev–Trinajstić information content (AvgIpc) is 3.10. The maximum absolute atomic E-state index is 12.8. The van der Waals surface area contributed by atoms with Gasteiger partial charge in [-0.05, 0) is 35.9 Å². The average molecular weight is 414 g/mol. The fourth-order valence-corrected chi connectivity index (χ4v) is 4.43. The lowest BCUT2D eigenvalue weighted by Gasteiger charge is -2.16. The van der Waals surface area contributed by atoms with Gasteiger partial charge in [-0.25, -0.2) is 0 Å². The number of amides is 2. The molecular formula is C24H19N3O2S. The molecule has 0 saturated heterocycles. The third-order valence-corrected chi connectivity index (χ3v) is 6.07. The number of nitrogens with zero attached hydrogens (tertiary/aromatic N) is 2. The Morgan fingerprint density at radius 3 is 2.50 bits per heavy atom. The van der Waals surface area contributed by atoms with Crippen LogP contribution in [0.15, 0.2) is 82.6 Å². The highest BCUT2D eigenvalue weighted by atomic mass is 32.2.